The molecule has 5 N–H and O–H groups in total. The Balaban J connectivity index is 0.000000293. The van der Waals surface area contributed by atoms with E-state index in [2.05, 4.69) is 106 Å². The van der Waals surface area contributed by atoms with Crippen LogP contribution in [0.4, 0.5) is 10.6 Å². The quantitative estimate of drug-likeness (QED) is 0.0219. The number of imidazole rings is 2. The summed E-state index contributed by atoms with van der Waals surface area (Å²) >= 11 is 15.6. The maximum Gasteiger partial charge on any atom is 0.408 e. The fourth-order valence-corrected chi connectivity index (χ4v) is 13.1. The summed E-state index contributed by atoms with van der Waals surface area (Å²) in [6, 6.07) is 15.5. The minimum Gasteiger partial charge on any atom is -0.444 e. The van der Waals surface area contributed by atoms with Gasteiger partial charge in [-0.1, -0.05) is 62.3 Å². The number of aryl methyl sites for hydroxylation is 1. The first-order valence-corrected chi connectivity index (χ1v) is 35.5. The van der Waals surface area contributed by atoms with Crippen molar-refractivity contribution >= 4 is 111 Å². The Morgan fingerprint density at radius 3 is 2.12 bits per heavy atom. The minimum atomic E-state index is -1.18. The number of hydrogen-bond donors (Lipinski definition) is 7. The van der Waals surface area contributed by atoms with Crippen LogP contribution in [-0.2, 0) is 24.9 Å². The number of halogens is 1. The number of anilines is 1. The largest absolute Gasteiger partial charge is 0.444 e. The van der Waals surface area contributed by atoms with E-state index in [0.717, 1.165) is 109 Å². The second kappa shape index (κ2) is 39.5. The number of amides is 4. The standard InChI is InChI=1S/C32H43ClN8O4.C26H37N7OS2.C3H4N2.C2H6.2CH4S/c1-31(2,3)45-30(44)37-32(11-15-41(16-12-32)28-25-9-13-34-27(25)35-21-36-28)29(43)38(4)26(23-5-7-24(33)8-6-23)10-14-39-17-19-40(22-42)20-18-39;1-3-30-9-6-21(7-10-30)17-31-12-14-32(15-13-31)25(34)24(27)36-26(28)35-18-22-4-5-23(16-20(22)2)33-11-8-29-19-33;1-2-5-3-4-1;3*1-2/h5-9,13,21-22,26H,10-12,14-20H2,1-4H3,(H,37,44)(H,34,35,36);4-5,8,11,16,19,21,27-28H,3,6-7,9-10,12-15,17-18H2,1-2H3;1-3H,(H,4,5);1-2H3;2*2H,1H3. The molecule has 1 unspecified atom stereocenters. The first-order valence-electron chi connectivity index (χ1n) is 31.5. The van der Waals surface area contributed by atoms with Gasteiger partial charge in [0.1, 0.15) is 33.3 Å². The third-order valence-electron chi connectivity index (χ3n) is 16.3. The molecule has 4 fully saturated rings. The molecule has 2 aromatic carbocycles. The number of H-pyrrole nitrogens is 2. The van der Waals surface area contributed by atoms with Crippen LogP contribution in [0.1, 0.15) is 96.4 Å². The average Bonchev–Trinajstić information content (AvgIpc) is 1.52. The molecule has 1 atom stereocenters. The first kappa shape index (κ1) is 76.6. The number of aromatic nitrogens is 7. The summed E-state index contributed by atoms with van der Waals surface area (Å²) in [5, 5.41) is 21.1. The van der Waals surface area contributed by atoms with E-state index < -0.39 is 17.2 Å². The molecule has 22 nitrogen and oxygen atoms in total. The van der Waals surface area contributed by atoms with Crippen molar-refractivity contribution in [2.24, 2.45) is 5.92 Å². The van der Waals surface area contributed by atoms with E-state index >= 15 is 0 Å². The van der Waals surface area contributed by atoms with Crippen LogP contribution in [0, 0.1) is 23.7 Å². The van der Waals surface area contributed by atoms with E-state index in [1.807, 2.05) is 74.3 Å². The topological polar surface area (TPSA) is 248 Å². The van der Waals surface area contributed by atoms with Gasteiger partial charge in [0.05, 0.1) is 24.1 Å². The lowest BCUT2D eigenvalue weighted by atomic mass is 9.85. The highest BCUT2D eigenvalue weighted by Gasteiger charge is 2.47. The Kier molecular flexibility index (Phi) is 32.9. The second-order valence-corrected chi connectivity index (χ2v) is 25.9. The molecule has 27 heteroatoms. The average molecular weight is 1360 g/mol. The van der Waals surface area contributed by atoms with Crippen molar-refractivity contribution in [2.75, 3.05) is 123 Å². The predicted octanol–water partition coefficient (Wildman–Crippen LogP) is 10.3. The Bertz CT molecular complexity index is 3120. The zero-order chi connectivity index (χ0) is 67.2. The number of likely N-dealkylation sites (N-methyl/N-ethyl adjacent to an activating group) is 1. The summed E-state index contributed by atoms with van der Waals surface area (Å²) in [5.74, 6) is 1.77. The van der Waals surface area contributed by atoms with Crippen molar-refractivity contribution in [2.45, 2.75) is 104 Å². The van der Waals surface area contributed by atoms with Crippen molar-refractivity contribution in [3.63, 3.8) is 0 Å². The molecule has 504 valence electrons. The van der Waals surface area contributed by atoms with Crippen LogP contribution in [0.2, 0.25) is 5.02 Å². The van der Waals surface area contributed by atoms with Gasteiger partial charge in [-0.05, 0) is 157 Å². The predicted molar refractivity (Wildman–Crippen MR) is 383 cm³/mol. The zero-order valence-corrected chi connectivity index (χ0v) is 59.5. The highest BCUT2D eigenvalue weighted by molar-refractivity contribution is 8.45. The molecule has 4 amide bonds. The molecule has 0 bridgehead atoms. The number of fused-ring (bicyclic) bond motifs is 1. The first-order chi connectivity index (χ1) is 44.4. The van der Waals surface area contributed by atoms with Crippen molar-refractivity contribution in [1.82, 2.24) is 69.2 Å². The third-order valence-corrected chi connectivity index (χ3v) is 18.5. The summed E-state index contributed by atoms with van der Waals surface area (Å²) in [6.45, 7) is 26.1. The second-order valence-electron chi connectivity index (χ2n) is 23.2. The minimum absolute atomic E-state index is 0.0555. The van der Waals surface area contributed by atoms with Crippen molar-refractivity contribution in [3.05, 3.63) is 120 Å². The lowest BCUT2D eigenvalue weighted by molar-refractivity contribution is -0.140. The lowest BCUT2D eigenvalue weighted by Gasteiger charge is -2.45. The molecule has 0 saturated carbocycles. The van der Waals surface area contributed by atoms with Crippen molar-refractivity contribution in [1.29, 1.82) is 10.8 Å². The van der Waals surface area contributed by atoms with Gasteiger partial charge in [-0.15, -0.1) is 0 Å². The molecule has 0 spiro atoms. The van der Waals surface area contributed by atoms with E-state index in [9.17, 15) is 19.2 Å². The number of ether oxygens (including phenoxy) is 1. The summed E-state index contributed by atoms with van der Waals surface area (Å²) in [7, 11) is 1.81. The SMILES string of the molecule is CC.CCN1CCC(CN2CCN(C(=O)C(=N)SC(=N)SCc3ccc(-n4ccnc4)cc3C)CC2)CC1.CN(C(=O)C1(NC(=O)OC(C)(C)C)CCN(c2ncnc3[nH]ccc23)CC1)C(CCN1CCN(C=O)CC1)c1ccc(Cl)cc1.CS.CS.c1c[nH]cn1. The van der Waals surface area contributed by atoms with E-state index in [4.69, 9.17) is 27.2 Å². The zero-order valence-electron chi connectivity index (χ0n) is 55.3. The van der Waals surface area contributed by atoms with E-state index in [1.165, 1.54) is 44.0 Å². The van der Waals surface area contributed by atoms with Gasteiger partial charge in [0.25, 0.3) is 5.91 Å². The number of piperidine rings is 2. The summed E-state index contributed by atoms with van der Waals surface area (Å²) in [5.41, 5.74) is 3.15. The smallest absolute Gasteiger partial charge is 0.408 e. The number of carbonyl (C=O) groups excluding carboxylic acids is 4. The van der Waals surface area contributed by atoms with Crippen LogP contribution in [0.3, 0.4) is 0 Å². The van der Waals surface area contributed by atoms with Crippen LogP contribution >= 0.6 is 60.4 Å². The Labute approximate surface area is 569 Å². The van der Waals surface area contributed by atoms with E-state index in [1.54, 1.807) is 79.2 Å². The van der Waals surface area contributed by atoms with Gasteiger partial charge in [-0.3, -0.25) is 35.0 Å². The van der Waals surface area contributed by atoms with Crippen LogP contribution in [-0.4, -0.2) is 226 Å². The number of carbonyl (C=O) groups is 4. The third kappa shape index (κ3) is 23.4. The summed E-state index contributed by atoms with van der Waals surface area (Å²) in [4.78, 5) is 89.2. The number of thioether (sulfide) groups is 2. The molecule has 92 heavy (non-hydrogen) atoms. The number of hydrogen-bond acceptors (Lipinski definition) is 19. The normalized spacial score (nSPS) is 16.4. The Hall–Kier alpha value is -6.13. The summed E-state index contributed by atoms with van der Waals surface area (Å²) in [6.07, 6.45) is 21.5. The number of piperazine rings is 2. The highest BCUT2D eigenvalue weighted by Crippen LogP contribution is 2.35. The number of nitrogens with zero attached hydrogens (tertiary/aromatic N) is 12. The number of alkyl carbamates (subject to hydrolysis) is 1. The lowest BCUT2D eigenvalue weighted by Crippen LogP contribution is -2.64. The van der Waals surface area contributed by atoms with Gasteiger partial charge in [0.2, 0.25) is 12.3 Å². The van der Waals surface area contributed by atoms with E-state index in [-0.39, 0.29) is 27.3 Å². The maximum absolute atomic E-state index is 14.7. The molecule has 8 heterocycles. The van der Waals surface area contributed by atoms with Gasteiger partial charge in [-0.2, -0.15) is 25.3 Å². The molecule has 4 aromatic heterocycles. The highest BCUT2D eigenvalue weighted by atomic mass is 35.5. The molecule has 0 radical (unpaired) electrons. The van der Waals surface area contributed by atoms with Gasteiger partial charge >= 0.3 is 6.09 Å². The summed E-state index contributed by atoms with van der Waals surface area (Å²) < 4.78 is 7.89. The molecule has 4 saturated heterocycles. The van der Waals surface area contributed by atoms with Gasteiger partial charge in [0, 0.05) is 133 Å². The van der Waals surface area contributed by atoms with Crippen molar-refractivity contribution < 1.29 is 23.9 Å². The fourth-order valence-electron chi connectivity index (χ4n) is 11.3. The van der Waals surface area contributed by atoms with Gasteiger partial charge in [-0.25, -0.2) is 24.7 Å². The molecule has 10 rings (SSSR count). The van der Waals surface area contributed by atoms with Crippen LogP contribution < -0.4 is 10.2 Å². The molecular formula is C65H98ClN17O5S4. The number of thiol groups is 2. The van der Waals surface area contributed by atoms with E-state index in [0.29, 0.717) is 69.3 Å². The Morgan fingerprint density at radius 1 is 0.870 bits per heavy atom. The van der Waals surface area contributed by atoms with Gasteiger partial charge in [0.15, 0.2) is 5.04 Å². The number of rotatable bonds is 15. The van der Waals surface area contributed by atoms with Crippen molar-refractivity contribution in [3.8, 4) is 5.69 Å². The number of likely N-dealkylation sites (tertiary alicyclic amines) is 1. The van der Waals surface area contributed by atoms with Gasteiger partial charge < -0.3 is 49.1 Å². The Morgan fingerprint density at radius 2 is 1.54 bits per heavy atom. The fraction of sp³-hybridized carbons (Fsp3) is 0.538. The number of aromatic amines is 2. The number of benzene rings is 2. The monoisotopic (exact) mass is 1360 g/mol. The molecule has 6 aromatic rings. The number of nitrogens with one attached hydrogen (secondary N) is 5. The molecule has 4 aliphatic rings. The van der Waals surface area contributed by atoms with Crippen LogP contribution in [0.25, 0.3) is 16.7 Å². The van der Waals surface area contributed by atoms with Crippen LogP contribution in [0.15, 0.2) is 98.5 Å². The van der Waals surface area contributed by atoms with Crippen LogP contribution in [0.5, 0.6) is 0 Å². The molecule has 4 aliphatic heterocycles. The maximum atomic E-state index is 14.7. The molecular weight excluding hydrogens is 1260 g/mol. The molecule has 0 aliphatic carbocycles.